The number of para-hydroxylation sites is 1. The van der Waals surface area contributed by atoms with E-state index in [9.17, 15) is 4.79 Å². The van der Waals surface area contributed by atoms with Crippen molar-refractivity contribution in [2.45, 2.75) is 24.9 Å². The van der Waals surface area contributed by atoms with Gasteiger partial charge in [0.15, 0.2) is 11.5 Å². The predicted octanol–water partition coefficient (Wildman–Crippen LogP) is 3.34. The Morgan fingerprint density at radius 2 is 1.81 bits per heavy atom. The second-order valence-corrected chi connectivity index (χ2v) is 7.49. The molecule has 2 aromatic carbocycles. The van der Waals surface area contributed by atoms with Crippen LogP contribution < -0.4 is 19.7 Å². The van der Waals surface area contributed by atoms with Crippen LogP contribution in [0, 0.1) is 0 Å². The van der Waals surface area contributed by atoms with Crippen molar-refractivity contribution in [1.29, 1.82) is 0 Å². The third-order valence-corrected chi connectivity index (χ3v) is 5.80. The van der Waals surface area contributed by atoms with E-state index in [0.717, 1.165) is 11.3 Å². The highest BCUT2D eigenvalue weighted by Gasteiger charge is 2.59. The van der Waals surface area contributed by atoms with Gasteiger partial charge in [-0.15, -0.1) is 0 Å². The Balaban J connectivity index is 1.78. The molecule has 1 unspecified atom stereocenters. The molecule has 140 valence electrons. The highest BCUT2D eigenvalue weighted by atomic mass is 16.5. The van der Waals surface area contributed by atoms with Crippen molar-refractivity contribution in [3.8, 4) is 11.5 Å². The summed E-state index contributed by atoms with van der Waals surface area (Å²) in [6, 6.07) is 14.1. The lowest BCUT2D eigenvalue weighted by atomic mass is 9.75. The SMILES string of the molecule is COc1ccc(/C=C/C23NC(=O)CN2c2ccccc2C3(C)C)cc1OC. The van der Waals surface area contributed by atoms with Gasteiger partial charge in [-0.1, -0.05) is 44.2 Å². The Bertz CT molecular complexity index is 935. The number of hydrogen-bond acceptors (Lipinski definition) is 4. The van der Waals surface area contributed by atoms with Gasteiger partial charge in [-0.25, -0.2) is 0 Å². The van der Waals surface area contributed by atoms with Crippen molar-refractivity contribution in [2.24, 2.45) is 0 Å². The van der Waals surface area contributed by atoms with E-state index in [1.165, 1.54) is 5.56 Å². The number of anilines is 1. The Labute approximate surface area is 159 Å². The molecule has 27 heavy (non-hydrogen) atoms. The van der Waals surface area contributed by atoms with Gasteiger partial charge in [0.05, 0.1) is 20.8 Å². The van der Waals surface area contributed by atoms with Crippen molar-refractivity contribution in [3.63, 3.8) is 0 Å². The molecule has 5 heteroatoms. The van der Waals surface area contributed by atoms with Crippen LogP contribution in [0.25, 0.3) is 6.08 Å². The van der Waals surface area contributed by atoms with Crippen molar-refractivity contribution < 1.29 is 14.3 Å². The molecule has 1 atom stereocenters. The van der Waals surface area contributed by atoms with Crippen LogP contribution in [-0.2, 0) is 10.2 Å². The highest BCUT2D eigenvalue weighted by molar-refractivity contribution is 5.91. The largest absolute Gasteiger partial charge is 0.493 e. The number of carbonyl (C=O) groups is 1. The number of fused-ring (bicyclic) bond motifs is 3. The van der Waals surface area contributed by atoms with E-state index in [-0.39, 0.29) is 11.3 Å². The Hall–Kier alpha value is -2.95. The summed E-state index contributed by atoms with van der Waals surface area (Å²) in [5, 5.41) is 3.23. The summed E-state index contributed by atoms with van der Waals surface area (Å²) in [5.41, 5.74) is 2.46. The average molecular weight is 364 g/mol. The van der Waals surface area contributed by atoms with Crippen molar-refractivity contribution in [3.05, 3.63) is 59.7 Å². The van der Waals surface area contributed by atoms with Gasteiger partial charge in [0.2, 0.25) is 5.91 Å². The highest BCUT2D eigenvalue weighted by Crippen LogP contribution is 2.52. The van der Waals surface area contributed by atoms with E-state index in [4.69, 9.17) is 9.47 Å². The van der Waals surface area contributed by atoms with Crippen molar-refractivity contribution in [2.75, 3.05) is 25.7 Å². The molecule has 2 heterocycles. The summed E-state index contributed by atoms with van der Waals surface area (Å²) < 4.78 is 10.7. The summed E-state index contributed by atoms with van der Waals surface area (Å²) >= 11 is 0. The molecular formula is C22H24N2O3. The monoisotopic (exact) mass is 364 g/mol. The molecule has 2 aromatic rings. The van der Waals surface area contributed by atoms with E-state index in [1.807, 2.05) is 30.3 Å². The second-order valence-electron chi connectivity index (χ2n) is 7.49. The van der Waals surface area contributed by atoms with Gasteiger partial charge < -0.3 is 19.7 Å². The lowest BCUT2D eigenvalue weighted by Gasteiger charge is -2.40. The maximum Gasteiger partial charge on any atom is 0.241 e. The molecule has 0 aliphatic carbocycles. The molecule has 2 aliphatic heterocycles. The molecule has 0 bridgehead atoms. The molecule has 1 amide bonds. The zero-order valence-electron chi connectivity index (χ0n) is 16.1. The number of hydrogen-bond donors (Lipinski definition) is 1. The molecule has 0 spiro atoms. The van der Waals surface area contributed by atoms with Crippen molar-refractivity contribution in [1.82, 2.24) is 5.32 Å². The van der Waals surface area contributed by atoms with E-state index in [2.05, 4.69) is 48.3 Å². The minimum atomic E-state index is -0.596. The van der Waals surface area contributed by atoms with Crippen molar-refractivity contribution >= 4 is 17.7 Å². The third-order valence-electron chi connectivity index (χ3n) is 5.80. The number of ether oxygens (including phenoxy) is 2. The van der Waals surface area contributed by atoms with Crippen LogP contribution in [0.2, 0.25) is 0 Å². The van der Waals surface area contributed by atoms with E-state index < -0.39 is 5.66 Å². The topological polar surface area (TPSA) is 50.8 Å². The fourth-order valence-corrected chi connectivity index (χ4v) is 4.31. The molecule has 1 saturated heterocycles. The summed E-state index contributed by atoms with van der Waals surface area (Å²) in [6.07, 6.45) is 4.13. The van der Waals surface area contributed by atoms with Gasteiger partial charge in [-0.05, 0) is 35.4 Å². The standard InChI is InChI=1S/C22H24N2O3/c1-21(2)16-7-5-6-8-17(16)24-14-20(25)23-22(21,24)12-11-15-9-10-18(26-3)19(13-15)27-4/h5-13H,14H2,1-4H3,(H,23,25)/b12-11+. The number of nitrogens with zero attached hydrogens (tertiary/aromatic N) is 1. The number of methoxy groups -OCH3 is 2. The molecule has 1 N–H and O–H groups in total. The molecule has 5 nitrogen and oxygen atoms in total. The number of amides is 1. The van der Waals surface area contributed by atoms with Gasteiger partial charge in [-0.2, -0.15) is 0 Å². The summed E-state index contributed by atoms with van der Waals surface area (Å²) in [4.78, 5) is 14.5. The number of rotatable bonds is 4. The van der Waals surface area contributed by atoms with Gasteiger partial charge in [0.1, 0.15) is 5.66 Å². The van der Waals surface area contributed by atoms with Gasteiger partial charge in [0, 0.05) is 11.1 Å². The molecule has 0 radical (unpaired) electrons. The first-order chi connectivity index (χ1) is 12.9. The predicted molar refractivity (Wildman–Crippen MR) is 106 cm³/mol. The lowest BCUT2D eigenvalue weighted by molar-refractivity contribution is -0.118. The van der Waals surface area contributed by atoms with Crippen LogP contribution in [0.5, 0.6) is 11.5 Å². The van der Waals surface area contributed by atoms with E-state index in [0.29, 0.717) is 18.0 Å². The minimum Gasteiger partial charge on any atom is -0.493 e. The fraction of sp³-hybridized carbons (Fsp3) is 0.318. The maximum absolute atomic E-state index is 12.3. The molecule has 0 aromatic heterocycles. The Morgan fingerprint density at radius 3 is 2.56 bits per heavy atom. The second kappa shape index (κ2) is 6.05. The number of nitrogens with one attached hydrogen (secondary N) is 1. The molecular weight excluding hydrogens is 340 g/mol. The van der Waals surface area contributed by atoms with Gasteiger partial charge in [-0.3, -0.25) is 4.79 Å². The molecule has 4 rings (SSSR count). The Kier molecular flexibility index (Phi) is 3.91. The van der Waals surface area contributed by atoms with E-state index >= 15 is 0 Å². The molecule has 0 saturated carbocycles. The average Bonchev–Trinajstić information content (AvgIpc) is 3.11. The van der Waals surface area contributed by atoms with E-state index in [1.54, 1.807) is 14.2 Å². The fourth-order valence-electron chi connectivity index (χ4n) is 4.31. The summed E-state index contributed by atoms with van der Waals surface area (Å²) in [6.45, 7) is 4.71. The minimum absolute atomic E-state index is 0.0366. The van der Waals surface area contributed by atoms with Crippen LogP contribution in [0.4, 0.5) is 5.69 Å². The van der Waals surface area contributed by atoms with Crippen LogP contribution in [0.3, 0.4) is 0 Å². The Morgan fingerprint density at radius 1 is 1.07 bits per heavy atom. The maximum atomic E-state index is 12.3. The van der Waals surface area contributed by atoms with Crippen LogP contribution >= 0.6 is 0 Å². The number of benzene rings is 2. The lowest BCUT2D eigenvalue weighted by Crippen LogP contribution is -2.58. The van der Waals surface area contributed by atoms with Gasteiger partial charge >= 0.3 is 0 Å². The molecule has 1 fully saturated rings. The van der Waals surface area contributed by atoms with Crippen LogP contribution in [0.1, 0.15) is 25.0 Å². The smallest absolute Gasteiger partial charge is 0.241 e. The van der Waals surface area contributed by atoms with Crippen LogP contribution in [-0.4, -0.2) is 32.3 Å². The third kappa shape index (κ3) is 2.41. The first kappa shape index (κ1) is 17.5. The number of carbonyl (C=O) groups excluding carboxylic acids is 1. The normalized spacial score (nSPS) is 22.5. The summed E-state index contributed by atoms with van der Waals surface area (Å²) in [5.74, 6) is 1.41. The molecule has 2 aliphatic rings. The first-order valence-electron chi connectivity index (χ1n) is 9.02. The van der Waals surface area contributed by atoms with Crippen LogP contribution in [0.15, 0.2) is 48.5 Å². The van der Waals surface area contributed by atoms with Gasteiger partial charge in [0.25, 0.3) is 0 Å². The summed E-state index contributed by atoms with van der Waals surface area (Å²) in [7, 11) is 3.25. The first-order valence-corrected chi connectivity index (χ1v) is 9.02. The quantitative estimate of drug-likeness (QED) is 0.904. The zero-order chi connectivity index (χ0) is 19.2. The zero-order valence-corrected chi connectivity index (χ0v) is 16.1.